The second-order valence-electron chi connectivity index (χ2n) is 3.71. The molecule has 0 bridgehead atoms. The molecule has 1 rings (SSSR count). The van der Waals surface area contributed by atoms with Gasteiger partial charge in [-0.15, -0.1) is 0 Å². The number of aromatic amines is 1. The SMILES string of the molecule is O=C(Cn1ccc(=O)[nH]c1=O)N[C@@H](CCO)C(=O)O. The van der Waals surface area contributed by atoms with Crippen molar-refractivity contribution in [3.8, 4) is 0 Å². The van der Waals surface area contributed by atoms with Gasteiger partial charge >= 0.3 is 11.7 Å². The van der Waals surface area contributed by atoms with E-state index >= 15 is 0 Å². The molecule has 19 heavy (non-hydrogen) atoms. The molecule has 104 valence electrons. The first-order valence-corrected chi connectivity index (χ1v) is 5.37. The summed E-state index contributed by atoms with van der Waals surface area (Å²) in [6, 6.07) is -0.159. The van der Waals surface area contributed by atoms with Crippen LogP contribution in [0.3, 0.4) is 0 Å². The maximum atomic E-state index is 11.5. The Bertz CT molecular complexity index is 575. The number of carboxylic acids is 1. The average Bonchev–Trinajstić information content (AvgIpc) is 2.32. The van der Waals surface area contributed by atoms with E-state index in [4.69, 9.17) is 10.2 Å². The summed E-state index contributed by atoms with van der Waals surface area (Å²) >= 11 is 0. The van der Waals surface area contributed by atoms with E-state index in [1.54, 1.807) is 0 Å². The van der Waals surface area contributed by atoms with Crippen LogP contribution in [0.5, 0.6) is 0 Å². The predicted octanol–water partition coefficient (Wildman–Crippen LogP) is -2.51. The van der Waals surface area contributed by atoms with Gasteiger partial charge in [0.2, 0.25) is 5.91 Å². The molecule has 0 aliphatic heterocycles. The molecule has 0 aliphatic rings. The third kappa shape index (κ3) is 4.39. The summed E-state index contributed by atoms with van der Waals surface area (Å²) in [7, 11) is 0. The van der Waals surface area contributed by atoms with Crippen LogP contribution in [-0.4, -0.2) is 44.3 Å². The standard InChI is InChI=1S/C10H13N3O6/c14-4-2-6(9(17)18)11-8(16)5-13-3-1-7(15)12-10(13)19/h1,3,6,14H,2,4-5H2,(H,11,16)(H,17,18)(H,12,15,19)/t6-/m0/s1. The molecule has 1 aromatic rings. The second-order valence-corrected chi connectivity index (χ2v) is 3.71. The third-order valence-electron chi connectivity index (χ3n) is 2.26. The van der Waals surface area contributed by atoms with Crippen LogP contribution in [0, 0.1) is 0 Å². The van der Waals surface area contributed by atoms with Crippen LogP contribution in [-0.2, 0) is 16.1 Å². The van der Waals surface area contributed by atoms with Crippen molar-refractivity contribution in [2.45, 2.75) is 19.0 Å². The smallest absolute Gasteiger partial charge is 0.328 e. The molecular weight excluding hydrogens is 258 g/mol. The number of aliphatic hydroxyl groups is 1. The molecule has 1 heterocycles. The lowest BCUT2D eigenvalue weighted by molar-refractivity contribution is -0.142. The van der Waals surface area contributed by atoms with E-state index in [-0.39, 0.29) is 6.42 Å². The van der Waals surface area contributed by atoms with Gasteiger partial charge in [-0.05, 0) is 0 Å². The van der Waals surface area contributed by atoms with Gasteiger partial charge in [-0.2, -0.15) is 0 Å². The number of aliphatic carboxylic acids is 1. The van der Waals surface area contributed by atoms with Gasteiger partial charge in [0.1, 0.15) is 12.6 Å². The number of nitrogens with one attached hydrogen (secondary N) is 2. The highest BCUT2D eigenvalue weighted by molar-refractivity contribution is 5.83. The van der Waals surface area contributed by atoms with Gasteiger partial charge in [0.25, 0.3) is 5.56 Å². The van der Waals surface area contributed by atoms with Crippen LogP contribution in [0.4, 0.5) is 0 Å². The summed E-state index contributed by atoms with van der Waals surface area (Å²) in [5.41, 5.74) is -1.36. The number of carboxylic acid groups (broad SMARTS) is 1. The molecule has 9 nitrogen and oxygen atoms in total. The third-order valence-corrected chi connectivity index (χ3v) is 2.26. The normalized spacial score (nSPS) is 11.8. The van der Waals surface area contributed by atoms with E-state index in [0.717, 1.165) is 16.8 Å². The Morgan fingerprint density at radius 3 is 2.63 bits per heavy atom. The zero-order chi connectivity index (χ0) is 14.4. The first kappa shape index (κ1) is 14.6. The van der Waals surface area contributed by atoms with Gasteiger partial charge in [-0.25, -0.2) is 9.59 Å². The van der Waals surface area contributed by atoms with Gasteiger partial charge in [0.05, 0.1) is 0 Å². The van der Waals surface area contributed by atoms with Crippen molar-refractivity contribution < 1.29 is 19.8 Å². The lowest BCUT2D eigenvalue weighted by atomic mass is 10.2. The minimum atomic E-state index is -1.28. The number of H-pyrrole nitrogens is 1. The molecule has 0 saturated heterocycles. The highest BCUT2D eigenvalue weighted by atomic mass is 16.4. The van der Waals surface area contributed by atoms with Crippen molar-refractivity contribution in [1.82, 2.24) is 14.9 Å². The Morgan fingerprint density at radius 1 is 1.42 bits per heavy atom. The fraction of sp³-hybridized carbons (Fsp3) is 0.400. The lowest BCUT2D eigenvalue weighted by Gasteiger charge is -2.13. The predicted molar refractivity (Wildman–Crippen MR) is 62.6 cm³/mol. The van der Waals surface area contributed by atoms with Crippen molar-refractivity contribution in [1.29, 1.82) is 0 Å². The van der Waals surface area contributed by atoms with Gasteiger partial charge < -0.3 is 15.5 Å². The Labute approximate surface area is 106 Å². The average molecular weight is 271 g/mol. The van der Waals surface area contributed by atoms with Gasteiger partial charge in [-0.3, -0.25) is 19.1 Å². The van der Waals surface area contributed by atoms with E-state index in [9.17, 15) is 19.2 Å². The second kappa shape index (κ2) is 6.50. The maximum absolute atomic E-state index is 11.5. The van der Waals surface area contributed by atoms with Crippen LogP contribution in [0.1, 0.15) is 6.42 Å². The summed E-state index contributed by atoms with van der Waals surface area (Å²) in [4.78, 5) is 46.3. The van der Waals surface area contributed by atoms with Crippen LogP contribution < -0.4 is 16.6 Å². The lowest BCUT2D eigenvalue weighted by Crippen LogP contribution is -2.44. The Hall–Kier alpha value is -2.42. The highest BCUT2D eigenvalue weighted by Crippen LogP contribution is 1.92. The zero-order valence-corrected chi connectivity index (χ0v) is 9.83. The number of rotatable bonds is 6. The molecule has 1 atom stereocenters. The van der Waals surface area contributed by atoms with Gasteiger partial charge in [0.15, 0.2) is 0 Å². The fourth-order valence-electron chi connectivity index (χ4n) is 1.35. The molecule has 1 aromatic heterocycles. The number of hydrogen-bond donors (Lipinski definition) is 4. The molecule has 0 saturated carbocycles. The number of carbonyl (C=O) groups is 2. The zero-order valence-electron chi connectivity index (χ0n) is 9.83. The minimum Gasteiger partial charge on any atom is -0.480 e. The van der Waals surface area contributed by atoms with E-state index in [0.29, 0.717) is 0 Å². The molecule has 4 N–H and O–H groups in total. The molecule has 0 aliphatic carbocycles. The monoisotopic (exact) mass is 271 g/mol. The fourth-order valence-corrected chi connectivity index (χ4v) is 1.35. The number of aromatic nitrogens is 2. The van der Waals surface area contributed by atoms with E-state index in [1.165, 1.54) is 0 Å². The molecule has 1 amide bonds. The topological polar surface area (TPSA) is 141 Å². The summed E-state index contributed by atoms with van der Waals surface area (Å²) < 4.78 is 0.925. The quantitative estimate of drug-likeness (QED) is 0.450. The van der Waals surface area contributed by atoms with Crippen molar-refractivity contribution >= 4 is 11.9 Å². The molecule has 9 heteroatoms. The largest absolute Gasteiger partial charge is 0.480 e. The van der Waals surface area contributed by atoms with Crippen LogP contribution in [0.15, 0.2) is 21.9 Å². The number of hydrogen-bond acceptors (Lipinski definition) is 5. The van der Waals surface area contributed by atoms with Crippen LogP contribution in [0.2, 0.25) is 0 Å². The van der Waals surface area contributed by atoms with Crippen molar-refractivity contribution in [3.63, 3.8) is 0 Å². The molecular formula is C10H13N3O6. The van der Waals surface area contributed by atoms with E-state index in [1.807, 2.05) is 4.98 Å². The van der Waals surface area contributed by atoms with E-state index < -0.39 is 42.3 Å². The van der Waals surface area contributed by atoms with Crippen molar-refractivity contribution in [2.24, 2.45) is 0 Å². The number of amides is 1. The Kier molecular flexibility index (Phi) is 5.01. The summed E-state index contributed by atoms with van der Waals surface area (Å²) in [5, 5.41) is 19.6. The van der Waals surface area contributed by atoms with Gasteiger partial charge in [-0.1, -0.05) is 0 Å². The Morgan fingerprint density at radius 2 is 2.11 bits per heavy atom. The maximum Gasteiger partial charge on any atom is 0.328 e. The molecule has 0 fully saturated rings. The first-order valence-electron chi connectivity index (χ1n) is 5.37. The number of carbonyl (C=O) groups excluding carboxylic acids is 1. The number of aliphatic hydroxyl groups excluding tert-OH is 1. The Balaban J connectivity index is 2.71. The first-order chi connectivity index (χ1) is 8.93. The van der Waals surface area contributed by atoms with Crippen LogP contribution >= 0.6 is 0 Å². The summed E-state index contributed by atoms with van der Waals surface area (Å²) in [6.45, 7) is -0.819. The minimum absolute atomic E-state index is 0.137. The highest BCUT2D eigenvalue weighted by Gasteiger charge is 2.19. The molecule has 0 radical (unpaired) electrons. The summed E-state index contributed by atoms with van der Waals surface area (Å²) in [6.07, 6.45) is 0.990. The number of nitrogens with zero attached hydrogens (tertiary/aromatic N) is 1. The van der Waals surface area contributed by atoms with E-state index in [2.05, 4.69) is 5.32 Å². The molecule has 0 aromatic carbocycles. The van der Waals surface area contributed by atoms with Gasteiger partial charge in [0, 0.05) is 25.3 Å². The van der Waals surface area contributed by atoms with Crippen LogP contribution in [0.25, 0.3) is 0 Å². The molecule has 0 unspecified atom stereocenters. The molecule has 0 spiro atoms. The van der Waals surface area contributed by atoms with Crippen molar-refractivity contribution in [3.05, 3.63) is 33.1 Å². The van der Waals surface area contributed by atoms with Crippen molar-refractivity contribution in [2.75, 3.05) is 6.61 Å². The summed E-state index contributed by atoms with van der Waals surface area (Å²) in [5.74, 6) is -1.99.